The molecule has 1 saturated heterocycles. The Morgan fingerprint density at radius 2 is 1.95 bits per heavy atom. The van der Waals surface area contributed by atoms with Gasteiger partial charge < -0.3 is 5.32 Å². The molecule has 2 heterocycles. The first-order valence-corrected chi connectivity index (χ1v) is 8.56. The zero-order valence-electron chi connectivity index (χ0n) is 13.6. The lowest BCUT2D eigenvalue weighted by Crippen LogP contribution is -2.54. The summed E-state index contributed by atoms with van der Waals surface area (Å²) in [6.07, 6.45) is 0. The third-order valence-electron chi connectivity index (χ3n) is 4.45. The van der Waals surface area contributed by atoms with Crippen molar-refractivity contribution in [1.82, 2.24) is 15.1 Å². The van der Waals surface area contributed by atoms with Crippen molar-refractivity contribution in [2.45, 2.75) is 52.9 Å². The maximum absolute atomic E-state index is 3.42. The maximum Gasteiger partial charge on any atom is 0.0299 e. The molecule has 0 aromatic carbocycles. The second-order valence-corrected chi connectivity index (χ2v) is 7.47. The monoisotopic (exact) mass is 295 g/mol. The third kappa shape index (κ3) is 3.82. The number of hydrogen-bond donors (Lipinski definition) is 1. The molecular weight excluding hydrogens is 266 g/mol. The molecule has 0 radical (unpaired) electrons. The van der Waals surface area contributed by atoms with Crippen LogP contribution in [-0.2, 0) is 13.1 Å². The number of hydrogen-bond acceptors (Lipinski definition) is 4. The number of piperazine rings is 1. The molecule has 1 aliphatic heterocycles. The number of nitrogens with zero attached hydrogens (tertiary/aromatic N) is 2. The molecule has 3 nitrogen and oxygen atoms in total. The molecule has 2 rings (SSSR count). The minimum Gasteiger partial charge on any atom is -0.312 e. The maximum atomic E-state index is 3.42. The van der Waals surface area contributed by atoms with Gasteiger partial charge >= 0.3 is 0 Å². The molecule has 4 heteroatoms. The molecule has 0 bridgehead atoms. The third-order valence-corrected chi connectivity index (χ3v) is 5.54. The SMILES string of the molecule is CCNCc1cc(CN2CC(C)N(C)C(C)C2)c(C)s1. The van der Waals surface area contributed by atoms with Gasteiger partial charge in [0.15, 0.2) is 0 Å². The van der Waals surface area contributed by atoms with Crippen molar-refractivity contribution in [3.8, 4) is 0 Å². The van der Waals surface area contributed by atoms with E-state index in [1.807, 2.05) is 11.3 Å². The van der Waals surface area contributed by atoms with E-state index in [1.165, 1.54) is 28.4 Å². The van der Waals surface area contributed by atoms with Crippen LogP contribution in [0.1, 0.15) is 36.1 Å². The van der Waals surface area contributed by atoms with Crippen molar-refractivity contribution < 1.29 is 0 Å². The molecule has 1 N–H and O–H groups in total. The minimum atomic E-state index is 0.652. The van der Waals surface area contributed by atoms with Crippen LogP contribution >= 0.6 is 11.3 Å². The van der Waals surface area contributed by atoms with E-state index in [0.29, 0.717) is 12.1 Å². The average molecular weight is 295 g/mol. The van der Waals surface area contributed by atoms with Crippen LogP contribution in [0.2, 0.25) is 0 Å². The molecule has 1 fully saturated rings. The van der Waals surface area contributed by atoms with Gasteiger partial charge in [0, 0.05) is 48.0 Å². The van der Waals surface area contributed by atoms with Crippen LogP contribution in [0.5, 0.6) is 0 Å². The van der Waals surface area contributed by atoms with Crippen LogP contribution in [0, 0.1) is 6.92 Å². The molecule has 0 aliphatic carbocycles. The molecule has 20 heavy (non-hydrogen) atoms. The summed E-state index contributed by atoms with van der Waals surface area (Å²) < 4.78 is 0. The van der Waals surface area contributed by atoms with Crippen molar-refractivity contribution in [3.05, 3.63) is 21.4 Å². The zero-order chi connectivity index (χ0) is 14.7. The number of thiophene rings is 1. The Morgan fingerprint density at radius 3 is 2.55 bits per heavy atom. The largest absolute Gasteiger partial charge is 0.312 e. The van der Waals surface area contributed by atoms with E-state index < -0.39 is 0 Å². The summed E-state index contributed by atoms with van der Waals surface area (Å²) in [6.45, 7) is 14.6. The summed E-state index contributed by atoms with van der Waals surface area (Å²) >= 11 is 1.95. The lowest BCUT2D eigenvalue weighted by Gasteiger charge is -2.42. The van der Waals surface area contributed by atoms with Gasteiger partial charge in [-0.2, -0.15) is 0 Å². The standard InChI is InChI=1S/C16H29N3S/c1-6-17-8-16-7-15(14(4)20-16)11-19-9-12(2)18(5)13(3)10-19/h7,12-13,17H,6,8-11H2,1-5H3. The summed E-state index contributed by atoms with van der Waals surface area (Å²) in [4.78, 5) is 8.06. The molecule has 0 amide bonds. The fourth-order valence-electron chi connectivity index (χ4n) is 2.96. The molecule has 114 valence electrons. The first-order valence-electron chi connectivity index (χ1n) is 7.74. The van der Waals surface area contributed by atoms with Crippen LogP contribution in [0.25, 0.3) is 0 Å². The van der Waals surface area contributed by atoms with E-state index in [-0.39, 0.29) is 0 Å². The molecular formula is C16H29N3S. The minimum absolute atomic E-state index is 0.652. The quantitative estimate of drug-likeness (QED) is 0.901. The van der Waals surface area contributed by atoms with Crippen molar-refractivity contribution in [1.29, 1.82) is 0 Å². The smallest absolute Gasteiger partial charge is 0.0299 e. The molecule has 2 unspecified atom stereocenters. The Morgan fingerprint density at radius 1 is 1.30 bits per heavy atom. The molecule has 1 aromatic heterocycles. The summed E-state index contributed by atoms with van der Waals surface area (Å²) in [6, 6.07) is 3.70. The lowest BCUT2D eigenvalue weighted by atomic mass is 10.1. The van der Waals surface area contributed by atoms with Crippen molar-refractivity contribution in [2.75, 3.05) is 26.7 Å². The topological polar surface area (TPSA) is 18.5 Å². The van der Waals surface area contributed by atoms with Crippen molar-refractivity contribution >= 4 is 11.3 Å². The highest BCUT2D eigenvalue weighted by atomic mass is 32.1. The van der Waals surface area contributed by atoms with Gasteiger partial charge in [0.2, 0.25) is 0 Å². The lowest BCUT2D eigenvalue weighted by molar-refractivity contribution is 0.0556. The zero-order valence-corrected chi connectivity index (χ0v) is 14.4. The van der Waals surface area contributed by atoms with E-state index in [2.05, 4.69) is 55.9 Å². The highest BCUT2D eigenvalue weighted by molar-refractivity contribution is 7.12. The van der Waals surface area contributed by atoms with Gasteiger partial charge in [0.1, 0.15) is 0 Å². The Hall–Kier alpha value is -0.420. The van der Waals surface area contributed by atoms with Gasteiger partial charge in [-0.05, 0) is 46.0 Å². The second kappa shape index (κ2) is 7.03. The van der Waals surface area contributed by atoms with E-state index in [1.54, 1.807) is 0 Å². The summed E-state index contributed by atoms with van der Waals surface area (Å²) in [7, 11) is 2.25. The summed E-state index contributed by atoms with van der Waals surface area (Å²) in [5, 5.41) is 3.42. The van der Waals surface area contributed by atoms with Crippen LogP contribution in [0.3, 0.4) is 0 Å². The average Bonchev–Trinajstić information content (AvgIpc) is 2.74. The molecule has 2 atom stereocenters. The number of nitrogens with one attached hydrogen (secondary N) is 1. The Bertz CT molecular complexity index is 417. The Kier molecular flexibility index (Phi) is 5.61. The molecule has 0 saturated carbocycles. The van der Waals surface area contributed by atoms with Crippen molar-refractivity contribution in [3.63, 3.8) is 0 Å². The van der Waals surface area contributed by atoms with Gasteiger partial charge in [-0.25, -0.2) is 0 Å². The normalized spacial score (nSPS) is 25.2. The van der Waals surface area contributed by atoms with E-state index in [4.69, 9.17) is 0 Å². The summed E-state index contributed by atoms with van der Waals surface area (Å²) in [5.74, 6) is 0. The highest BCUT2D eigenvalue weighted by Crippen LogP contribution is 2.24. The van der Waals surface area contributed by atoms with Crippen LogP contribution in [0.4, 0.5) is 0 Å². The van der Waals surface area contributed by atoms with Crippen molar-refractivity contribution in [2.24, 2.45) is 0 Å². The molecule has 1 aromatic rings. The van der Waals surface area contributed by atoms with Crippen LogP contribution in [0.15, 0.2) is 6.07 Å². The Balaban J connectivity index is 1.97. The first kappa shape index (κ1) is 16.0. The highest BCUT2D eigenvalue weighted by Gasteiger charge is 2.26. The van der Waals surface area contributed by atoms with Gasteiger partial charge in [-0.3, -0.25) is 9.80 Å². The van der Waals surface area contributed by atoms with Gasteiger partial charge in [-0.1, -0.05) is 6.92 Å². The number of rotatable bonds is 5. The predicted octanol–water partition coefficient (Wildman–Crippen LogP) is 2.69. The fraction of sp³-hybridized carbons (Fsp3) is 0.750. The summed E-state index contributed by atoms with van der Waals surface area (Å²) in [5.41, 5.74) is 1.52. The number of aryl methyl sites for hydroxylation is 1. The van der Waals surface area contributed by atoms with E-state index in [0.717, 1.165) is 19.6 Å². The van der Waals surface area contributed by atoms with Gasteiger partial charge in [0.05, 0.1) is 0 Å². The van der Waals surface area contributed by atoms with E-state index >= 15 is 0 Å². The van der Waals surface area contributed by atoms with E-state index in [9.17, 15) is 0 Å². The Labute approximate surface area is 128 Å². The van der Waals surface area contributed by atoms with Crippen LogP contribution < -0.4 is 5.32 Å². The second-order valence-electron chi connectivity index (χ2n) is 6.13. The van der Waals surface area contributed by atoms with Gasteiger partial charge in [0.25, 0.3) is 0 Å². The fourth-order valence-corrected chi connectivity index (χ4v) is 3.99. The van der Waals surface area contributed by atoms with Crippen LogP contribution in [-0.4, -0.2) is 48.6 Å². The molecule has 0 spiro atoms. The first-order chi connectivity index (χ1) is 9.51. The predicted molar refractivity (Wildman–Crippen MR) is 88.4 cm³/mol. The van der Waals surface area contributed by atoms with Gasteiger partial charge in [-0.15, -0.1) is 11.3 Å². The molecule has 1 aliphatic rings. The number of likely N-dealkylation sites (N-methyl/N-ethyl adjacent to an activating group) is 1.